The highest BCUT2D eigenvalue weighted by Gasteiger charge is 2.04. The average molecular weight is 261 g/mol. The summed E-state index contributed by atoms with van der Waals surface area (Å²) < 4.78 is 10.9. The molecule has 1 aromatic heterocycles. The molecule has 90 valence electrons. The molecule has 1 rings (SSSR count). The third-order valence-corrected chi connectivity index (χ3v) is 3.49. The molecule has 1 aromatic rings. The zero-order valence-electron chi connectivity index (χ0n) is 9.57. The highest BCUT2D eigenvalue weighted by Crippen LogP contribution is 2.13. The van der Waals surface area contributed by atoms with E-state index in [1.54, 1.807) is 18.6 Å². The number of hydrogen-bond acceptors (Lipinski definition) is 3. The Morgan fingerprint density at radius 1 is 1.62 bits per heavy atom. The van der Waals surface area contributed by atoms with Crippen molar-refractivity contribution in [3.8, 4) is 0 Å². The first kappa shape index (κ1) is 13.6. The lowest BCUT2D eigenvalue weighted by molar-refractivity contribution is 0.535. The van der Waals surface area contributed by atoms with Crippen LogP contribution in [0.25, 0.3) is 0 Å². The third kappa shape index (κ3) is 5.05. The summed E-state index contributed by atoms with van der Waals surface area (Å²) in [4.78, 5) is 3.93. The highest BCUT2D eigenvalue weighted by atomic mass is 35.5. The lowest BCUT2D eigenvalue weighted by Crippen LogP contribution is -2.27. The van der Waals surface area contributed by atoms with Crippen LogP contribution < -0.4 is 5.32 Å². The van der Waals surface area contributed by atoms with Gasteiger partial charge >= 0.3 is 0 Å². The molecule has 5 heteroatoms. The Kier molecular flexibility index (Phi) is 5.95. The molecule has 2 unspecified atom stereocenters. The summed E-state index contributed by atoms with van der Waals surface area (Å²) in [5.74, 6) is 0.734. The lowest BCUT2D eigenvalue weighted by Gasteiger charge is -2.13. The van der Waals surface area contributed by atoms with Crippen LogP contribution in [0, 0.1) is 0 Å². The molecule has 0 spiro atoms. The van der Waals surface area contributed by atoms with Crippen LogP contribution >= 0.6 is 11.6 Å². The van der Waals surface area contributed by atoms with Gasteiger partial charge in [-0.15, -0.1) is 0 Å². The standard InChI is InChI=1S/C11H17ClN2OS/c1-9(4-6-16(2)15)14-7-10-3-5-13-8-11(10)12/h3,5,8-9,14H,4,6-7H2,1-2H3. The summed E-state index contributed by atoms with van der Waals surface area (Å²) in [6, 6.07) is 2.24. The van der Waals surface area contributed by atoms with Gasteiger partial charge in [0, 0.05) is 47.8 Å². The molecule has 16 heavy (non-hydrogen) atoms. The van der Waals surface area contributed by atoms with Crippen LogP contribution in [0.1, 0.15) is 18.9 Å². The summed E-state index contributed by atoms with van der Waals surface area (Å²) in [7, 11) is -0.715. The number of hydrogen-bond donors (Lipinski definition) is 1. The van der Waals surface area contributed by atoms with Crippen molar-refractivity contribution in [2.75, 3.05) is 12.0 Å². The molecule has 2 atom stereocenters. The van der Waals surface area contributed by atoms with Crippen molar-refractivity contribution in [1.82, 2.24) is 10.3 Å². The van der Waals surface area contributed by atoms with Crippen LogP contribution in [0.3, 0.4) is 0 Å². The molecule has 0 fully saturated rings. The van der Waals surface area contributed by atoms with Gasteiger partial charge in [-0.1, -0.05) is 11.6 Å². The van der Waals surface area contributed by atoms with Gasteiger partial charge in [0.2, 0.25) is 0 Å². The fourth-order valence-electron chi connectivity index (χ4n) is 1.28. The molecule has 1 heterocycles. The Hall–Kier alpha value is -0.450. The van der Waals surface area contributed by atoms with E-state index in [4.69, 9.17) is 11.6 Å². The van der Waals surface area contributed by atoms with Gasteiger partial charge in [-0.05, 0) is 25.0 Å². The first-order chi connectivity index (χ1) is 7.59. The minimum atomic E-state index is -0.715. The molecular weight excluding hydrogens is 244 g/mol. The van der Waals surface area contributed by atoms with E-state index in [9.17, 15) is 4.21 Å². The number of rotatable bonds is 6. The van der Waals surface area contributed by atoms with E-state index in [2.05, 4.69) is 17.2 Å². The van der Waals surface area contributed by atoms with Gasteiger partial charge in [-0.3, -0.25) is 9.19 Å². The number of nitrogens with one attached hydrogen (secondary N) is 1. The minimum absolute atomic E-state index is 0.341. The van der Waals surface area contributed by atoms with Gasteiger partial charge in [0.1, 0.15) is 0 Å². The second kappa shape index (κ2) is 6.99. The third-order valence-electron chi connectivity index (χ3n) is 2.34. The van der Waals surface area contributed by atoms with Crippen molar-refractivity contribution in [3.63, 3.8) is 0 Å². The summed E-state index contributed by atoms with van der Waals surface area (Å²) in [6.45, 7) is 2.81. The largest absolute Gasteiger partial charge is 0.310 e. The average Bonchev–Trinajstić information content (AvgIpc) is 2.25. The van der Waals surface area contributed by atoms with Crippen LogP contribution in [-0.4, -0.2) is 27.2 Å². The number of halogens is 1. The predicted molar refractivity (Wildman–Crippen MR) is 69.1 cm³/mol. The predicted octanol–water partition coefficient (Wildman–Crippen LogP) is 1.98. The van der Waals surface area contributed by atoms with Crippen molar-refractivity contribution in [1.29, 1.82) is 0 Å². The Morgan fingerprint density at radius 3 is 3.00 bits per heavy atom. The van der Waals surface area contributed by atoms with E-state index < -0.39 is 10.8 Å². The van der Waals surface area contributed by atoms with Gasteiger partial charge in [-0.25, -0.2) is 0 Å². The van der Waals surface area contributed by atoms with Crippen molar-refractivity contribution in [2.45, 2.75) is 25.9 Å². The Bertz CT molecular complexity index is 360. The fraction of sp³-hybridized carbons (Fsp3) is 0.545. The second-order valence-electron chi connectivity index (χ2n) is 3.82. The second-order valence-corrected chi connectivity index (χ2v) is 5.78. The maximum Gasteiger partial charge on any atom is 0.0634 e. The maximum atomic E-state index is 10.9. The number of nitrogens with zero attached hydrogens (tertiary/aromatic N) is 1. The van der Waals surface area contributed by atoms with Crippen LogP contribution in [0.4, 0.5) is 0 Å². The highest BCUT2D eigenvalue weighted by molar-refractivity contribution is 7.84. The molecule has 1 N–H and O–H groups in total. The molecule has 0 aromatic carbocycles. The molecule has 0 aliphatic rings. The van der Waals surface area contributed by atoms with Crippen LogP contribution in [0.15, 0.2) is 18.5 Å². The summed E-state index contributed by atoms with van der Waals surface area (Å²) in [6.07, 6.45) is 6.01. The molecular formula is C11H17ClN2OS. The molecule has 3 nitrogen and oxygen atoms in total. The smallest absolute Gasteiger partial charge is 0.0634 e. The van der Waals surface area contributed by atoms with Gasteiger partial charge in [0.05, 0.1) is 5.02 Å². The van der Waals surface area contributed by atoms with Gasteiger partial charge in [0.25, 0.3) is 0 Å². The monoisotopic (exact) mass is 260 g/mol. The first-order valence-corrected chi connectivity index (χ1v) is 7.32. The van der Waals surface area contributed by atoms with Crippen LogP contribution in [0.2, 0.25) is 5.02 Å². The van der Waals surface area contributed by atoms with Crippen LogP contribution in [-0.2, 0) is 17.3 Å². The van der Waals surface area contributed by atoms with E-state index in [1.807, 2.05) is 6.07 Å². The fourth-order valence-corrected chi connectivity index (χ4v) is 2.15. The van der Waals surface area contributed by atoms with E-state index in [0.717, 1.165) is 24.3 Å². The summed E-state index contributed by atoms with van der Waals surface area (Å²) >= 11 is 5.98. The first-order valence-electron chi connectivity index (χ1n) is 5.21. The van der Waals surface area contributed by atoms with Gasteiger partial charge in [0.15, 0.2) is 0 Å². The zero-order chi connectivity index (χ0) is 12.0. The summed E-state index contributed by atoms with van der Waals surface area (Å²) in [5, 5.41) is 4.03. The zero-order valence-corrected chi connectivity index (χ0v) is 11.1. The van der Waals surface area contributed by atoms with Crippen molar-refractivity contribution in [3.05, 3.63) is 29.0 Å². The van der Waals surface area contributed by atoms with E-state index >= 15 is 0 Å². The Balaban J connectivity index is 2.34. The molecule has 0 aliphatic heterocycles. The molecule has 0 radical (unpaired) electrons. The molecule has 0 amide bonds. The van der Waals surface area contributed by atoms with Gasteiger partial charge in [-0.2, -0.15) is 0 Å². The Labute approximate surface area is 104 Å². The van der Waals surface area contributed by atoms with E-state index in [-0.39, 0.29) is 0 Å². The topological polar surface area (TPSA) is 42.0 Å². The van der Waals surface area contributed by atoms with Crippen molar-refractivity contribution in [2.24, 2.45) is 0 Å². The normalized spacial score (nSPS) is 14.7. The van der Waals surface area contributed by atoms with E-state index in [1.165, 1.54) is 0 Å². The molecule has 0 saturated carbocycles. The SMILES string of the molecule is CC(CCS(C)=O)NCc1ccncc1Cl. The molecule has 0 bridgehead atoms. The molecule has 0 saturated heterocycles. The minimum Gasteiger partial charge on any atom is -0.310 e. The van der Waals surface area contributed by atoms with Crippen molar-refractivity contribution >= 4 is 22.4 Å². The number of pyridine rings is 1. The number of aromatic nitrogens is 1. The maximum absolute atomic E-state index is 10.9. The summed E-state index contributed by atoms with van der Waals surface area (Å²) in [5.41, 5.74) is 1.04. The lowest BCUT2D eigenvalue weighted by atomic mass is 10.2. The molecule has 0 aliphatic carbocycles. The van der Waals surface area contributed by atoms with Crippen molar-refractivity contribution < 1.29 is 4.21 Å². The Morgan fingerprint density at radius 2 is 2.38 bits per heavy atom. The quantitative estimate of drug-likeness (QED) is 0.851. The van der Waals surface area contributed by atoms with Gasteiger partial charge < -0.3 is 5.32 Å². The van der Waals surface area contributed by atoms with E-state index in [0.29, 0.717) is 11.1 Å². The van der Waals surface area contributed by atoms with Crippen LogP contribution in [0.5, 0.6) is 0 Å².